The SMILES string of the molecule is Cc1ccccc1Oc1ccc(NS(C)(=O)=O)cc1B1OC(C)(C)C(C)(C)O1. The molecule has 0 radical (unpaired) electrons. The van der Waals surface area contributed by atoms with Gasteiger partial charge in [0.1, 0.15) is 11.5 Å². The third kappa shape index (κ3) is 4.34. The van der Waals surface area contributed by atoms with Crippen LogP contribution in [-0.4, -0.2) is 33.0 Å². The molecular weight excluding hydrogens is 377 g/mol. The van der Waals surface area contributed by atoms with Crippen molar-refractivity contribution >= 4 is 28.3 Å². The van der Waals surface area contributed by atoms with Crippen molar-refractivity contribution in [3.8, 4) is 11.5 Å². The van der Waals surface area contributed by atoms with Gasteiger partial charge in [0.15, 0.2) is 0 Å². The average Bonchev–Trinajstić information content (AvgIpc) is 2.77. The molecule has 3 rings (SSSR count). The van der Waals surface area contributed by atoms with Gasteiger partial charge in [-0.15, -0.1) is 0 Å². The molecule has 0 amide bonds. The standard InChI is InChI=1S/C20H26BNO5S/c1-14-9-7-8-10-17(14)25-18-12-11-15(22-28(6,23)24)13-16(18)21-26-19(2,3)20(4,5)27-21/h7-13,22H,1-6H3. The van der Waals surface area contributed by atoms with Crippen LogP contribution in [0.25, 0.3) is 0 Å². The Morgan fingerprint density at radius 3 is 2.14 bits per heavy atom. The summed E-state index contributed by atoms with van der Waals surface area (Å²) in [4.78, 5) is 0. The second-order valence-corrected chi connectivity index (χ2v) is 9.83. The van der Waals surface area contributed by atoms with Gasteiger partial charge in [0.05, 0.1) is 17.5 Å². The molecule has 6 nitrogen and oxygen atoms in total. The van der Waals surface area contributed by atoms with E-state index in [1.54, 1.807) is 18.2 Å². The smallest absolute Gasteiger partial charge is 0.457 e. The first-order valence-electron chi connectivity index (χ1n) is 9.09. The Morgan fingerprint density at radius 1 is 0.964 bits per heavy atom. The molecule has 1 aliphatic heterocycles. The number of aryl methyl sites for hydroxylation is 1. The van der Waals surface area contributed by atoms with E-state index in [1.807, 2.05) is 58.9 Å². The Bertz CT molecular complexity index is 972. The monoisotopic (exact) mass is 403 g/mol. The summed E-state index contributed by atoms with van der Waals surface area (Å²) in [7, 11) is -4.10. The van der Waals surface area contributed by atoms with Crippen molar-refractivity contribution < 1.29 is 22.5 Å². The first-order chi connectivity index (χ1) is 12.9. The summed E-state index contributed by atoms with van der Waals surface area (Å²) in [6, 6.07) is 12.8. The van der Waals surface area contributed by atoms with Gasteiger partial charge in [0.2, 0.25) is 10.0 Å². The van der Waals surface area contributed by atoms with Crippen molar-refractivity contribution in [2.45, 2.75) is 45.8 Å². The molecule has 28 heavy (non-hydrogen) atoms. The van der Waals surface area contributed by atoms with Gasteiger partial charge in [0, 0.05) is 11.2 Å². The van der Waals surface area contributed by atoms with Crippen LogP contribution < -0.4 is 14.9 Å². The number of para-hydroxylation sites is 1. The molecule has 1 heterocycles. The van der Waals surface area contributed by atoms with Crippen molar-refractivity contribution in [2.75, 3.05) is 11.0 Å². The molecule has 1 N–H and O–H groups in total. The van der Waals surface area contributed by atoms with Crippen LogP contribution >= 0.6 is 0 Å². The normalized spacial score (nSPS) is 18.1. The molecule has 0 atom stereocenters. The minimum Gasteiger partial charge on any atom is -0.457 e. The van der Waals surface area contributed by atoms with Gasteiger partial charge < -0.3 is 14.0 Å². The van der Waals surface area contributed by atoms with Crippen LogP contribution in [0.2, 0.25) is 0 Å². The third-order valence-corrected chi connectivity index (χ3v) is 5.74. The van der Waals surface area contributed by atoms with Crippen LogP contribution in [0.4, 0.5) is 5.69 Å². The van der Waals surface area contributed by atoms with Gasteiger partial charge in [-0.25, -0.2) is 8.42 Å². The lowest BCUT2D eigenvalue weighted by Crippen LogP contribution is -2.41. The number of hydrogen-bond acceptors (Lipinski definition) is 5. The fraction of sp³-hybridized carbons (Fsp3) is 0.400. The Kier molecular flexibility index (Phi) is 5.25. The quantitative estimate of drug-likeness (QED) is 0.775. The van der Waals surface area contributed by atoms with Crippen molar-refractivity contribution in [2.24, 2.45) is 0 Å². The van der Waals surface area contributed by atoms with Gasteiger partial charge in [-0.2, -0.15) is 0 Å². The zero-order chi connectivity index (χ0) is 20.7. The summed E-state index contributed by atoms with van der Waals surface area (Å²) in [5.41, 5.74) is 0.969. The molecule has 0 unspecified atom stereocenters. The highest BCUT2D eigenvalue weighted by molar-refractivity contribution is 7.92. The van der Waals surface area contributed by atoms with Crippen molar-refractivity contribution in [1.29, 1.82) is 0 Å². The fourth-order valence-corrected chi connectivity index (χ4v) is 3.42. The Morgan fingerprint density at radius 2 is 1.57 bits per heavy atom. The molecule has 1 fully saturated rings. The van der Waals surface area contributed by atoms with E-state index in [0.717, 1.165) is 11.8 Å². The Hall–Kier alpha value is -2.03. The lowest BCUT2D eigenvalue weighted by molar-refractivity contribution is 0.00578. The predicted molar refractivity (Wildman–Crippen MR) is 112 cm³/mol. The number of hydrogen-bond donors (Lipinski definition) is 1. The van der Waals surface area contributed by atoms with Gasteiger partial charge >= 0.3 is 7.12 Å². The minimum atomic E-state index is -3.41. The van der Waals surface area contributed by atoms with E-state index >= 15 is 0 Å². The minimum absolute atomic E-state index is 0.421. The number of benzene rings is 2. The highest BCUT2D eigenvalue weighted by Crippen LogP contribution is 2.38. The Balaban J connectivity index is 2.03. The first-order valence-corrected chi connectivity index (χ1v) is 11.0. The molecule has 2 aromatic rings. The largest absolute Gasteiger partial charge is 0.498 e. The van der Waals surface area contributed by atoms with Crippen LogP contribution in [-0.2, 0) is 19.3 Å². The van der Waals surface area contributed by atoms with E-state index in [1.165, 1.54) is 0 Å². The van der Waals surface area contributed by atoms with E-state index in [4.69, 9.17) is 14.0 Å². The number of ether oxygens (including phenoxy) is 1. The van der Waals surface area contributed by atoms with E-state index in [0.29, 0.717) is 22.6 Å². The van der Waals surface area contributed by atoms with Crippen LogP contribution in [0.3, 0.4) is 0 Å². The Labute approximate surface area is 167 Å². The predicted octanol–water partition coefficient (Wildman–Crippen LogP) is 3.46. The van der Waals surface area contributed by atoms with Crippen molar-refractivity contribution in [3.63, 3.8) is 0 Å². The van der Waals surface area contributed by atoms with Gasteiger partial charge in [-0.05, 0) is 64.4 Å². The summed E-state index contributed by atoms with van der Waals surface area (Å²) in [6.07, 6.45) is 1.11. The first kappa shape index (κ1) is 20.7. The van der Waals surface area contributed by atoms with E-state index in [2.05, 4.69) is 4.72 Å². The lowest BCUT2D eigenvalue weighted by atomic mass is 9.78. The summed E-state index contributed by atoms with van der Waals surface area (Å²) in [6.45, 7) is 9.82. The third-order valence-electron chi connectivity index (χ3n) is 5.13. The van der Waals surface area contributed by atoms with E-state index in [9.17, 15) is 8.42 Å². The van der Waals surface area contributed by atoms with Crippen LogP contribution in [0.15, 0.2) is 42.5 Å². The van der Waals surface area contributed by atoms with Crippen LogP contribution in [0.5, 0.6) is 11.5 Å². The van der Waals surface area contributed by atoms with E-state index < -0.39 is 28.3 Å². The number of sulfonamides is 1. The summed E-state index contributed by atoms with van der Waals surface area (Å²) in [5, 5.41) is 0. The molecular formula is C20H26BNO5S. The average molecular weight is 403 g/mol. The maximum Gasteiger partial charge on any atom is 0.498 e. The molecule has 0 aliphatic carbocycles. The molecule has 0 spiro atoms. The summed E-state index contributed by atoms with van der Waals surface area (Å²) < 4.78 is 44.3. The van der Waals surface area contributed by atoms with Gasteiger partial charge in [0.25, 0.3) is 0 Å². The highest BCUT2D eigenvalue weighted by atomic mass is 32.2. The van der Waals surface area contributed by atoms with Gasteiger partial charge in [-0.1, -0.05) is 18.2 Å². The van der Waals surface area contributed by atoms with Crippen LogP contribution in [0.1, 0.15) is 33.3 Å². The lowest BCUT2D eigenvalue weighted by Gasteiger charge is -2.32. The molecule has 1 saturated heterocycles. The molecule has 0 aromatic heterocycles. The van der Waals surface area contributed by atoms with Crippen molar-refractivity contribution in [1.82, 2.24) is 0 Å². The molecule has 1 aliphatic rings. The number of rotatable bonds is 5. The fourth-order valence-electron chi connectivity index (χ4n) is 2.86. The summed E-state index contributed by atoms with van der Waals surface area (Å²) in [5.74, 6) is 1.26. The van der Waals surface area contributed by atoms with E-state index in [-0.39, 0.29) is 0 Å². The van der Waals surface area contributed by atoms with Crippen LogP contribution in [0, 0.1) is 6.92 Å². The summed E-state index contributed by atoms with van der Waals surface area (Å²) >= 11 is 0. The molecule has 0 bridgehead atoms. The van der Waals surface area contributed by atoms with Crippen molar-refractivity contribution in [3.05, 3.63) is 48.0 Å². The molecule has 8 heteroatoms. The highest BCUT2D eigenvalue weighted by Gasteiger charge is 2.52. The molecule has 0 saturated carbocycles. The zero-order valence-corrected chi connectivity index (χ0v) is 17.9. The molecule has 150 valence electrons. The maximum absolute atomic E-state index is 11.7. The number of nitrogens with one attached hydrogen (secondary N) is 1. The van der Waals surface area contributed by atoms with Gasteiger partial charge in [-0.3, -0.25) is 4.72 Å². The molecule has 2 aromatic carbocycles. The number of anilines is 1. The maximum atomic E-state index is 11.7. The second-order valence-electron chi connectivity index (χ2n) is 8.08. The zero-order valence-electron chi connectivity index (χ0n) is 17.1. The topological polar surface area (TPSA) is 73.9 Å². The second kappa shape index (κ2) is 7.10.